The zero-order valence-electron chi connectivity index (χ0n) is 15.0. The van der Waals surface area contributed by atoms with Crippen LogP contribution >= 0.6 is 0 Å². The van der Waals surface area contributed by atoms with Crippen molar-refractivity contribution >= 4 is 17.1 Å². The molecule has 1 aliphatic rings. The molecule has 0 aliphatic carbocycles. The van der Waals surface area contributed by atoms with Crippen molar-refractivity contribution in [3.8, 4) is 6.07 Å². The predicted octanol–water partition coefficient (Wildman–Crippen LogP) is 2.80. The summed E-state index contributed by atoms with van der Waals surface area (Å²) in [6, 6.07) is 16.1. The first-order valence-electron chi connectivity index (χ1n) is 9.00. The van der Waals surface area contributed by atoms with Gasteiger partial charge in [0.2, 0.25) is 0 Å². The fraction of sp³-hybridized carbons (Fsp3) is 0.250. The normalized spacial score (nSPS) is 13.5. The maximum atomic E-state index is 9.53. The maximum absolute atomic E-state index is 9.53. The molecular weight excluding hydrogens is 338 g/mol. The number of nitrogen functional groups attached to an aromatic ring is 1. The zero-order valence-corrected chi connectivity index (χ0v) is 15.0. The highest BCUT2D eigenvalue weighted by molar-refractivity contribution is 5.67. The molecule has 0 bridgehead atoms. The lowest BCUT2D eigenvalue weighted by Crippen LogP contribution is -2.28. The second kappa shape index (κ2) is 7.38. The Labute approximate surface area is 158 Å². The topological polar surface area (TPSA) is 87.0 Å². The molecule has 0 atom stereocenters. The lowest BCUT2D eigenvalue weighted by atomic mass is 10.1. The van der Waals surface area contributed by atoms with Gasteiger partial charge in [-0.15, -0.1) is 10.2 Å². The van der Waals surface area contributed by atoms with Gasteiger partial charge in [-0.3, -0.25) is 5.01 Å². The Morgan fingerprint density at radius 3 is 2.41 bits per heavy atom. The van der Waals surface area contributed by atoms with E-state index in [4.69, 9.17) is 5.73 Å². The smallest absolute Gasteiger partial charge is 0.139 e. The van der Waals surface area contributed by atoms with Crippen LogP contribution in [-0.2, 0) is 6.54 Å². The van der Waals surface area contributed by atoms with Crippen LogP contribution in [0.5, 0.6) is 0 Å². The van der Waals surface area contributed by atoms with Crippen LogP contribution in [0.3, 0.4) is 0 Å². The van der Waals surface area contributed by atoms with Crippen molar-refractivity contribution < 1.29 is 0 Å². The summed E-state index contributed by atoms with van der Waals surface area (Å²) in [7, 11) is 0. The minimum Gasteiger partial charge on any atom is -0.399 e. The van der Waals surface area contributed by atoms with Crippen molar-refractivity contribution in [2.75, 3.05) is 28.7 Å². The van der Waals surface area contributed by atoms with Crippen LogP contribution in [0.25, 0.3) is 0 Å². The summed E-state index contributed by atoms with van der Waals surface area (Å²) >= 11 is 0. The van der Waals surface area contributed by atoms with Gasteiger partial charge in [-0.25, -0.2) is 4.68 Å². The third-order valence-electron chi connectivity index (χ3n) is 4.84. The molecule has 1 aliphatic heterocycles. The summed E-state index contributed by atoms with van der Waals surface area (Å²) in [6.07, 6.45) is 5.67. The predicted molar refractivity (Wildman–Crippen MR) is 105 cm³/mol. The number of rotatable bonds is 5. The minimum atomic E-state index is 0.629. The first-order chi connectivity index (χ1) is 13.2. The summed E-state index contributed by atoms with van der Waals surface area (Å²) in [5, 5.41) is 19.5. The Balaban J connectivity index is 1.72. The molecule has 0 unspecified atom stereocenters. The van der Waals surface area contributed by atoms with Gasteiger partial charge in [0.25, 0.3) is 0 Å². The number of hydrogen-bond donors (Lipinski definition) is 1. The number of benzene rings is 2. The van der Waals surface area contributed by atoms with Gasteiger partial charge in [0.05, 0.1) is 23.5 Å². The summed E-state index contributed by atoms with van der Waals surface area (Å²) < 4.78 is 1.85. The van der Waals surface area contributed by atoms with Crippen LogP contribution in [0.4, 0.5) is 17.1 Å². The SMILES string of the molecule is N#Cc1ccc(N(Cc2ccc(N)cc2)n2cnnc2)cc1N1CCCC1. The van der Waals surface area contributed by atoms with Crippen molar-refractivity contribution in [3.05, 3.63) is 66.2 Å². The standard InChI is InChI=1S/C20H21N7/c21-12-17-5-8-19(11-20(17)25-9-1-2-10-25)27(26-14-23-24-15-26)13-16-3-6-18(22)7-4-16/h3-8,11,14-15H,1-2,9-10,13,22H2. The highest BCUT2D eigenvalue weighted by atomic mass is 15.6. The van der Waals surface area contributed by atoms with E-state index in [1.165, 1.54) is 0 Å². The van der Waals surface area contributed by atoms with E-state index < -0.39 is 0 Å². The van der Waals surface area contributed by atoms with Gasteiger partial charge in [-0.2, -0.15) is 5.26 Å². The van der Waals surface area contributed by atoms with Crippen LogP contribution in [0.1, 0.15) is 24.0 Å². The van der Waals surface area contributed by atoms with E-state index in [2.05, 4.69) is 32.2 Å². The van der Waals surface area contributed by atoms with Crippen LogP contribution in [0, 0.1) is 11.3 Å². The third-order valence-corrected chi connectivity index (χ3v) is 4.84. The van der Waals surface area contributed by atoms with Gasteiger partial charge in [0, 0.05) is 18.8 Å². The lowest BCUT2D eigenvalue weighted by Gasteiger charge is -2.27. The van der Waals surface area contributed by atoms with Gasteiger partial charge in [0.15, 0.2) is 0 Å². The second-order valence-electron chi connectivity index (χ2n) is 6.65. The first-order valence-corrected chi connectivity index (χ1v) is 9.00. The number of hydrogen-bond acceptors (Lipinski definition) is 6. The molecule has 1 fully saturated rings. The largest absolute Gasteiger partial charge is 0.399 e. The Hall–Kier alpha value is -3.53. The molecule has 0 saturated carbocycles. The van der Waals surface area contributed by atoms with E-state index in [1.54, 1.807) is 12.7 Å². The quantitative estimate of drug-likeness (QED) is 0.705. The van der Waals surface area contributed by atoms with E-state index in [-0.39, 0.29) is 0 Å². The number of nitrogens with two attached hydrogens (primary N) is 1. The zero-order chi connectivity index (χ0) is 18.6. The van der Waals surface area contributed by atoms with Crippen molar-refractivity contribution in [2.45, 2.75) is 19.4 Å². The summed E-state index contributed by atoms with van der Waals surface area (Å²) in [5.74, 6) is 0. The number of anilines is 3. The highest BCUT2D eigenvalue weighted by Gasteiger charge is 2.19. The molecule has 2 heterocycles. The Bertz CT molecular complexity index is 935. The van der Waals surface area contributed by atoms with Crippen LogP contribution in [0.2, 0.25) is 0 Å². The van der Waals surface area contributed by atoms with Crippen molar-refractivity contribution in [3.63, 3.8) is 0 Å². The average molecular weight is 359 g/mol. The van der Waals surface area contributed by atoms with Gasteiger partial charge >= 0.3 is 0 Å². The van der Waals surface area contributed by atoms with Crippen molar-refractivity contribution in [1.29, 1.82) is 5.26 Å². The van der Waals surface area contributed by atoms with Gasteiger partial charge in [0.1, 0.15) is 18.7 Å². The van der Waals surface area contributed by atoms with Gasteiger partial charge in [-0.1, -0.05) is 12.1 Å². The van der Waals surface area contributed by atoms with Crippen molar-refractivity contribution in [2.24, 2.45) is 0 Å². The molecule has 136 valence electrons. The van der Waals surface area contributed by atoms with E-state index in [0.717, 1.165) is 48.6 Å². The molecule has 1 saturated heterocycles. The minimum absolute atomic E-state index is 0.629. The Kier molecular flexibility index (Phi) is 4.62. The maximum Gasteiger partial charge on any atom is 0.139 e. The van der Waals surface area contributed by atoms with Crippen LogP contribution in [-0.4, -0.2) is 28.0 Å². The van der Waals surface area contributed by atoms with Gasteiger partial charge < -0.3 is 10.6 Å². The number of nitriles is 1. The second-order valence-corrected chi connectivity index (χ2v) is 6.65. The van der Waals surface area contributed by atoms with Crippen molar-refractivity contribution in [1.82, 2.24) is 14.9 Å². The van der Waals surface area contributed by atoms with E-state index in [0.29, 0.717) is 12.1 Å². The Morgan fingerprint density at radius 1 is 1.04 bits per heavy atom. The van der Waals surface area contributed by atoms with E-state index in [1.807, 2.05) is 41.1 Å². The van der Waals surface area contributed by atoms with E-state index in [9.17, 15) is 5.26 Å². The number of aromatic nitrogens is 3. The van der Waals surface area contributed by atoms with Crippen LogP contribution in [0.15, 0.2) is 55.1 Å². The fourth-order valence-electron chi connectivity index (χ4n) is 3.42. The molecule has 2 N–H and O–H groups in total. The van der Waals surface area contributed by atoms with Gasteiger partial charge in [-0.05, 0) is 48.7 Å². The lowest BCUT2D eigenvalue weighted by molar-refractivity contribution is 0.685. The summed E-state index contributed by atoms with van der Waals surface area (Å²) in [6.45, 7) is 2.61. The molecule has 7 heteroatoms. The molecule has 3 aromatic rings. The highest BCUT2D eigenvalue weighted by Crippen LogP contribution is 2.30. The summed E-state index contributed by atoms with van der Waals surface area (Å²) in [5.41, 5.74) is 10.3. The molecule has 0 spiro atoms. The third kappa shape index (κ3) is 3.55. The fourth-order valence-corrected chi connectivity index (χ4v) is 3.42. The average Bonchev–Trinajstić information content (AvgIpc) is 3.41. The monoisotopic (exact) mass is 359 g/mol. The molecule has 0 radical (unpaired) electrons. The molecule has 4 rings (SSSR count). The Morgan fingerprint density at radius 2 is 1.74 bits per heavy atom. The molecule has 0 amide bonds. The molecular formula is C20H21N7. The molecule has 2 aromatic carbocycles. The first kappa shape index (κ1) is 16.9. The molecule has 27 heavy (non-hydrogen) atoms. The van der Waals surface area contributed by atoms with E-state index >= 15 is 0 Å². The number of nitrogens with zero attached hydrogens (tertiary/aromatic N) is 6. The van der Waals surface area contributed by atoms with Crippen LogP contribution < -0.4 is 15.6 Å². The molecule has 7 nitrogen and oxygen atoms in total. The summed E-state index contributed by atoms with van der Waals surface area (Å²) in [4.78, 5) is 2.29. The molecule has 1 aromatic heterocycles.